The number of carbonyl (C=O) groups is 1. The molecule has 1 aromatic rings. The number of carbonyl (C=O) groups excluding carboxylic acids is 1. The van der Waals surface area contributed by atoms with Gasteiger partial charge in [0.05, 0.1) is 11.6 Å². The van der Waals surface area contributed by atoms with Gasteiger partial charge < -0.3 is 5.11 Å². The highest BCUT2D eigenvalue weighted by atomic mass is 35.5. The Labute approximate surface area is 75.8 Å². The van der Waals surface area contributed by atoms with E-state index in [9.17, 15) is 4.79 Å². The first-order valence-corrected chi connectivity index (χ1v) is 3.93. The maximum Gasteiger partial charge on any atom is 0.161 e. The third-order valence-electron chi connectivity index (χ3n) is 1.62. The predicted molar refractivity (Wildman–Crippen MR) is 47.4 cm³/mol. The number of benzene rings is 1. The molecule has 0 radical (unpaired) electrons. The van der Waals surface area contributed by atoms with E-state index in [4.69, 9.17) is 16.7 Å². The molecule has 3 heteroatoms. The molecule has 0 aliphatic heterocycles. The van der Waals surface area contributed by atoms with Crippen molar-refractivity contribution in [2.24, 2.45) is 0 Å². The molecule has 12 heavy (non-hydrogen) atoms. The van der Waals surface area contributed by atoms with E-state index < -0.39 is 0 Å². The fourth-order valence-electron chi connectivity index (χ4n) is 1.09. The Hall–Kier alpha value is -0.860. The zero-order valence-electron chi connectivity index (χ0n) is 6.67. The average Bonchev–Trinajstić information content (AvgIpc) is 2.03. The van der Waals surface area contributed by atoms with Gasteiger partial charge in [-0.15, -0.1) is 0 Å². The van der Waals surface area contributed by atoms with Crippen LogP contribution in [0.3, 0.4) is 0 Å². The molecule has 0 heterocycles. The van der Waals surface area contributed by atoms with Gasteiger partial charge in [-0.25, -0.2) is 0 Å². The van der Waals surface area contributed by atoms with Crippen molar-refractivity contribution >= 4 is 17.4 Å². The number of ketones is 1. The van der Waals surface area contributed by atoms with E-state index in [1.165, 1.54) is 6.92 Å². The van der Waals surface area contributed by atoms with Crippen molar-refractivity contribution in [1.82, 2.24) is 0 Å². The second-order valence-corrected chi connectivity index (χ2v) is 2.90. The lowest BCUT2D eigenvalue weighted by Crippen LogP contribution is -2.00. The van der Waals surface area contributed by atoms with Crippen LogP contribution < -0.4 is 0 Å². The smallest absolute Gasteiger partial charge is 0.161 e. The van der Waals surface area contributed by atoms with E-state index in [1.54, 1.807) is 18.2 Å². The zero-order valence-corrected chi connectivity index (χ0v) is 7.43. The van der Waals surface area contributed by atoms with Crippen LogP contribution in [0.4, 0.5) is 0 Å². The van der Waals surface area contributed by atoms with Gasteiger partial charge in [-0.05, 0) is 18.6 Å². The first kappa shape index (κ1) is 9.23. The highest BCUT2D eigenvalue weighted by Gasteiger charge is 2.09. The lowest BCUT2D eigenvalue weighted by molar-refractivity contribution is 0.101. The van der Waals surface area contributed by atoms with Crippen molar-refractivity contribution in [2.45, 2.75) is 13.5 Å². The van der Waals surface area contributed by atoms with Crippen LogP contribution in [0.15, 0.2) is 18.2 Å². The molecule has 0 saturated carbocycles. The van der Waals surface area contributed by atoms with Crippen LogP contribution >= 0.6 is 11.6 Å². The van der Waals surface area contributed by atoms with Crippen LogP contribution in [-0.4, -0.2) is 10.9 Å². The summed E-state index contributed by atoms with van der Waals surface area (Å²) in [5.41, 5.74) is 0.997. The largest absolute Gasteiger partial charge is 0.392 e. The summed E-state index contributed by atoms with van der Waals surface area (Å²) in [4.78, 5) is 11.1. The van der Waals surface area contributed by atoms with Crippen LogP contribution in [0.25, 0.3) is 0 Å². The van der Waals surface area contributed by atoms with Crippen molar-refractivity contribution in [3.63, 3.8) is 0 Å². The molecule has 0 amide bonds. The van der Waals surface area contributed by atoms with E-state index in [0.29, 0.717) is 16.1 Å². The quantitative estimate of drug-likeness (QED) is 0.715. The summed E-state index contributed by atoms with van der Waals surface area (Å²) in [6, 6.07) is 5.03. The summed E-state index contributed by atoms with van der Waals surface area (Å²) in [5, 5.41) is 9.28. The van der Waals surface area contributed by atoms with Crippen LogP contribution in [0.1, 0.15) is 22.8 Å². The molecule has 0 bridgehead atoms. The molecule has 0 aliphatic carbocycles. The average molecular weight is 185 g/mol. The fourth-order valence-corrected chi connectivity index (χ4v) is 1.42. The Morgan fingerprint density at radius 3 is 2.67 bits per heavy atom. The number of hydrogen-bond acceptors (Lipinski definition) is 2. The first-order chi connectivity index (χ1) is 5.66. The number of hydrogen-bond donors (Lipinski definition) is 1. The highest BCUT2D eigenvalue weighted by molar-refractivity contribution is 6.34. The SMILES string of the molecule is CC(=O)c1c(Cl)cccc1CO. The molecule has 0 spiro atoms. The standard InChI is InChI=1S/C9H9ClO2/c1-6(12)9-7(5-11)3-2-4-8(9)10/h2-4,11H,5H2,1H3. The van der Waals surface area contributed by atoms with Crippen molar-refractivity contribution < 1.29 is 9.90 Å². The van der Waals surface area contributed by atoms with Gasteiger partial charge in [0.25, 0.3) is 0 Å². The molecule has 0 fully saturated rings. The van der Waals surface area contributed by atoms with Crippen molar-refractivity contribution in [1.29, 1.82) is 0 Å². The maximum atomic E-state index is 11.1. The Kier molecular flexibility index (Phi) is 2.84. The number of halogens is 1. The van der Waals surface area contributed by atoms with E-state index in [-0.39, 0.29) is 12.4 Å². The summed E-state index contributed by atoms with van der Waals surface area (Å²) < 4.78 is 0. The molecule has 0 aliphatic rings. The Bertz CT molecular complexity index is 307. The van der Waals surface area contributed by atoms with Gasteiger partial charge in [0.15, 0.2) is 5.78 Å². The minimum atomic E-state index is -0.157. The zero-order chi connectivity index (χ0) is 9.14. The highest BCUT2D eigenvalue weighted by Crippen LogP contribution is 2.20. The number of aliphatic hydroxyl groups is 1. The van der Waals surface area contributed by atoms with Crippen LogP contribution in [0.5, 0.6) is 0 Å². The van der Waals surface area contributed by atoms with Gasteiger partial charge in [-0.2, -0.15) is 0 Å². The van der Waals surface area contributed by atoms with Crippen LogP contribution in [-0.2, 0) is 6.61 Å². The van der Waals surface area contributed by atoms with E-state index in [2.05, 4.69) is 0 Å². The maximum absolute atomic E-state index is 11.1. The van der Waals surface area contributed by atoms with E-state index in [0.717, 1.165) is 0 Å². The molecular formula is C9H9ClO2. The van der Waals surface area contributed by atoms with Gasteiger partial charge in [0, 0.05) is 5.56 Å². The van der Waals surface area contributed by atoms with Crippen molar-refractivity contribution in [2.75, 3.05) is 0 Å². The Balaban J connectivity index is 3.29. The predicted octanol–water partition coefficient (Wildman–Crippen LogP) is 2.03. The van der Waals surface area contributed by atoms with Gasteiger partial charge >= 0.3 is 0 Å². The van der Waals surface area contributed by atoms with Gasteiger partial charge in [-0.3, -0.25) is 4.79 Å². The molecule has 64 valence electrons. The van der Waals surface area contributed by atoms with Gasteiger partial charge in [-0.1, -0.05) is 23.7 Å². The minimum Gasteiger partial charge on any atom is -0.392 e. The first-order valence-electron chi connectivity index (χ1n) is 3.56. The van der Waals surface area contributed by atoms with Crippen molar-refractivity contribution in [3.8, 4) is 0 Å². The lowest BCUT2D eigenvalue weighted by atomic mass is 10.1. The number of aliphatic hydroxyl groups excluding tert-OH is 1. The summed E-state index contributed by atoms with van der Waals surface area (Å²) in [6.07, 6.45) is 0. The molecule has 0 atom stereocenters. The Morgan fingerprint density at radius 1 is 1.58 bits per heavy atom. The Morgan fingerprint density at radius 2 is 2.25 bits per heavy atom. The topological polar surface area (TPSA) is 37.3 Å². The van der Waals surface area contributed by atoms with E-state index in [1.807, 2.05) is 0 Å². The summed E-state index contributed by atoms with van der Waals surface area (Å²) in [5.74, 6) is -0.121. The summed E-state index contributed by atoms with van der Waals surface area (Å²) in [7, 11) is 0. The molecule has 0 unspecified atom stereocenters. The fraction of sp³-hybridized carbons (Fsp3) is 0.222. The van der Waals surface area contributed by atoms with Crippen LogP contribution in [0.2, 0.25) is 5.02 Å². The van der Waals surface area contributed by atoms with Crippen LogP contribution in [0, 0.1) is 0 Å². The molecule has 2 nitrogen and oxygen atoms in total. The molecular weight excluding hydrogens is 176 g/mol. The lowest BCUT2D eigenvalue weighted by Gasteiger charge is -2.04. The normalized spacial score (nSPS) is 9.92. The summed E-state index contributed by atoms with van der Waals surface area (Å²) in [6.45, 7) is 1.27. The molecule has 1 rings (SSSR count). The third-order valence-corrected chi connectivity index (χ3v) is 1.94. The summed E-state index contributed by atoms with van der Waals surface area (Å²) >= 11 is 5.77. The minimum absolute atomic E-state index is 0.121. The van der Waals surface area contributed by atoms with E-state index >= 15 is 0 Å². The molecule has 1 aromatic carbocycles. The number of Topliss-reactive ketones (excluding diaryl/α,β-unsaturated/α-hetero) is 1. The van der Waals surface area contributed by atoms with Crippen molar-refractivity contribution in [3.05, 3.63) is 34.3 Å². The third kappa shape index (κ3) is 1.65. The molecule has 0 saturated heterocycles. The molecule has 1 N–H and O–H groups in total. The number of rotatable bonds is 2. The molecule has 0 aromatic heterocycles. The monoisotopic (exact) mass is 184 g/mol. The van der Waals surface area contributed by atoms with Gasteiger partial charge in [0.2, 0.25) is 0 Å². The second kappa shape index (κ2) is 3.70. The second-order valence-electron chi connectivity index (χ2n) is 2.49. The van der Waals surface area contributed by atoms with Gasteiger partial charge in [0.1, 0.15) is 0 Å².